The van der Waals surface area contributed by atoms with E-state index < -0.39 is 0 Å². The summed E-state index contributed by atoms with van der Waals surface area (Å²) in [6.07, 6.45) is 0. The number of fused-ring (bicyclic) bond motifs is 6. The van der Waals surface area contributed by atoms with Crippen LogP contribution in [0.2, 0.25) is 0 Å². The number of aromatic nitrogens is 2. The first kappa shape index (κ1) is 15.2. The predicted molar refractivity (Wildman–Crippen MR) is 109 cm³/mol. The summed E-state index contributed by atoms with van der Waals surface area (Å²) < 4.78 is 4.65. The van der Waals surface area contributed by atoms with Crippen molar-refractivity contribution in [3.05, 3.63) is 48.5 Å². The van der Waals surface area contributed by atoms with Crippen molar-refractivity contribution in [3.8, 4) is 0 Å². The van der Waals surface area contributed by atoms with Gasteiger partial charge in [-0.05, 0) is 55.3 Å². The maximum Gasteiger partial charge on any atom is 0.101 e. The summed E-state index contributed by atoms with van der Waals surface area (Å²) in [5.41, 5.74) is 2.61. The van der Waals surface area contributed by atoms with Crippen LogP contribution in [-0.2, 0) is 14.1 Å². The molecular formula is C18H14N2S4. The van der Waals surface area contributed by atoms with Crippen LogP contribution < -0.4 is 0 Å². The van der Waals surface area contributed by atoms with Crippen molar-refractivity contribution < 1.29 is 0 Å². The van der Waals surface area contributed by atoms with Gasteiger partial charge in [-0.3, -0.25) is 0 Å². The van der Waals surface area contributed by atoms with E-state index in [0.29, 0.717) is 0 Å². The lowest BCUT2D eigenvalue weighted by molar-refractivity contribution is 0.835. The van der Waals surface area contributed by atoms with E-state index in [-0.39, 0.29) is 0 Å². The fourth-order valence-electron chi connectivity index (χ4n) is 3.18. The Bertz CT molecular complexity index is 1010. The van der Waals surface area contributed by atoms with Crippen molar-refractivity contribution in [1.82, 2.24) is 9.13 Å². The first-order chi connectivity index (χ1) is 11.8. The van der Waals surface area contributed by atoms with E-state index in [1.165, 1.54) is 41.6 Å². The second kappa shape index (κ2) is 5.73. The number of hydrogen-bond acceptors (Lipinski definition) is 4. The van der Waals surface area contributed by atoms with Gasteiger partial charge in [0, 0.05) is 35.9 Å². The Morgan fingerprint density at radius 1 is 0.583 bits per heavy atom. The highest BCUT2D eigenvalue weighted by molar-refractivity contribution is 8.79. The van der Waals surface area contributed by atoms with Crippen LogP contribution in [0.3, 0.4) is 0 Å². The number of rotatable bonds is 0. The summed E-state index contributed by atoms with van der Waals surface area (Å²) in [5.74, 6) is 0. The minimum atomic E-state index is 1.31. The Kier molecular flexibility index (Phi) is 3.63. The molecule has 0 fully saturated rings. The standard InChI is InChI=1S/C18H14N2S4/c1-19-13-9-5-3-7-11(13)15-17(19)23-22-16-12-8-4-6-10-14(12)20(2)18(16)24-21-15/h3-10H,1-2H3. The molecule has 1 aliphatic rings. The Hall–Kier alpha value is -1.08. The van der Waals surface area contributed by atoms with Gasteiger partial charge in [-0.25, -0.2) is 0 Å². The van der Waals surface area contributed by atoms with E-state index >= 15 is 0 Å². The van der Waals surface area contributed by atoms with E-state index in [9.17, 15) is 0 Å². The van der Waals surface area contributed by atoms with Crippen molar-refractivity contribution in [2.24, 2.45) is 14.1 Å². The molecule has 2 aromatic carbocycles. The summed E-state index contributed by atoms with van der Waals surface area (Å²) in [5, 5.41) is 5.39. The van der Waals surface area contributed by atoms with Gasteiger partial charge in [0.2, 0.25) is 0 Å². The van der Waals surface area contributed by atoms with Gasteiger partial charge in [0.15, 0.2) is 0 Å². The topological polar surface area (TPSA) is 9.86 Å². The molecule has 0 radical (unpaired) electrons. The minimum absolute atomic E-state index is 1.31. The molecule has 2 aromatic heterocycles. The lowest BCUT2D eigenvalue weighted by atomic mass is 10.2. The highest BCUT2D eigenvalue weighted by Gasteiger charge is 2.24. The van der Waals surface area contributed by atoms with Gasteiger partial charge in [-0.2, -0.15) is 0 Å². The molecule has 0 bridgehead atoms. The van der Waals surface area contributed by atoms with Gasteiger partial charge >= 0.3 is 0 Å². The monoisotopic (exact) mass is 386 g/mol. The summed E-state index contributed by atoms with van der Waals surface area (Å²) in [6.45, 7) is 0. The molecule has 0 unspecified atom stereocenters. The van der Waals surface area contributed by atoms with E-state index in [1.54, 1.807) is 0 Å². The highest BCUT2D eigenvalue weighted by Crippen LogP contribution is 2.57. The first-order valence-corrected chi connectivity index (χ1v) is 11.9. The zero-order valence-corrected chi connectivity index (χ0v) is 16.4. The van der Waals surface area contributed by atoms with Crippen molar-refractivity contribution in [2.75, 3.05) is 0 Å². The summed E-state index contributed by atoms with van der Waals surface area (Å²) in [4.78, 5) is 2.76. The van der Waals surface area contributed by atoms with Crippen LogP contribution in [0, 0.1) is 0 Å². The van der Waals surface area contributed by atoms with Crippen molar-refractivity contribution in [1.29, 1.82) is 0 Å². The number of para-hydroxylation sites is 2. The molecule has 6 heteroatoms. The summed E-state index contributed by atoms with van der Waals surface area (Å²) >= 11 is 0. The van der Waals surface area contributed by atoms with Crippen molar-refractivity contribution in [3.63, 3.8) is 0 Å². The first-order valence-electron chi connectivity index (χ1n) is 7.59. The number of aryl methyl sites for hydroxylation is 2. The van der Waals surface area contributed by atoms with Gasteiger partial charge in [0.05, 0.1) is 9.79 Å². The molecule has 0 saturated carbocycles. The molecule has 0 aliphatic carbocycles. The highest BCUT2D eigenvalue weighted by atomic mass is 33.1. The zero-order valence-electron chi connectivity index (χ0n) is 13.1. The predicted octanol–water partition coefficient (Wildman–Crippen LogP) is 6.58. The van der Waals surface area contributed by atoms with Crippen LogP contribution >= 0.6 is 43.2 Å². The van der Waals surface area contributed by atoms with E-state index in [0.717, 1.165) is 0 Å². The summed E-state index contributed by atoms with van der Waals surface area (Å²) in [6, 6.07) is 17.4. The molecule has 0 atom stereocenters. The Morgan fingerprint density at radius 2 is 1.00 bits per heavy atom. The fourth-order valence-corrected chi connectivity index (χ4v) is 9.53. The maximum absolute atomic E-state index is 2.33. The van der Waals surface area contributed by atoms with Gasteiger partial charge in [0.25, 0.3) is 0 Å². The third kappa shape index (κ3) is 2.10. The molecule has 4 aromatic rings. The smallest absolute Gasteiger partial charge is 0.101 e. The molecule has 0 N–H and O–H groups in total. The lowest BCUT2D eigenvalue weighted by Gasteiger charge is -2.12. The van der Waals surface area contributed by atoms with Crippen molar-refractivity contribution in [2.45, 2.75) is 19.8 Å². The van der Waals surface area contributed by atoms with Crippen LogP contribution in [0.5, 0.6) is 0 Å². The van der Waals surface area contributed by atoms with Gasteiger partial charge in [-0.15, -0.1) is 0 Å². The van der Waals surface area contributed by atoms with Gasteiger partial charge in [-0.1, -0.05) is 36.4 Å². The maximum atomic E-state index is 2.33. The van der Waals surface area contributed by atoms with Crippen molar-refractivity contribution >= 4 is 65.0 Å². The minimum Gasteiger partial charge on any atom is -0.337 e. The van der Waals surface area contributed by atoms with E-state index in [1.807, 2.05) is 43.2 Å². The normalized spacial score (nSPS) is 14.4. The van der Waals surface area contributed by atoms with Gasteiger partial charge < -0.3 is 9.13 Å². The molecule has 3 heterocycles. The SMILES string of the molecule is Cn1c2c(c3ccccc31)SSc1c(c3ccccc3n1C)SS2. The van der Waals surface area contributed by atoms with E-state index in [4.69, 9.17) is 0 Å². The Balaban J connectivity index is 1.71. The quantitative estimate of drug-likeness (QED) is 0.316. The second-order valence-corrected chi connectivity index (χ2v) is 10.0. The largest absolute Gasteiger partial charge is 0.337 e. The molecule has 0 amide bonds. The molecule has 0 spiro atoms. The Morgan fingerprint density at radius 3 is 1.46 bits per heavy atom. The average molecular weight is 387 g/mol. The molecule has 1 aliphatic heterocycles. The lowest BCUT2D eigenvalue weighted by Crippen LogP contribution is -1.91. The van der Waals surface area contributed by atoms with Crippen LogP contribution in [0.4, 0.5) is 0 Å². The molecular weight excluding hydrogens is 372 g/mol. The Labute approximate surface area is 156 Å². The molecule has 24 heavy (non-hydrogen) atoms. The second-order valence-electron chi connectivity index (χ2n) is 5.75. The molecule has 2 nitrogen and oxygen atoms in total. The van der Waals surface area contributed by atoms with Crippen LogP contribution in [-0.4, -0.2) is 9.13 Å². The molecule has 0 saturated heterocycles. The summed E-state index contributed by atoms with van der Waals surface area (Å²) in [7, 11) is 11.9. The molecule has 5 rings (SSSR count). The average Bonchev–Trinajstić information content (AvgIpc) is 3.01. The third-order valence-electron chi connectivity index (χ3n) is 4.43. The van der Waals surface area contributed by atoms with Crippen LogP contribution in [0.1, 0.15) is 0 Å². The fraction of sp³-hybridized carbons (Fsp3) is 0.111. The zero-order chi connectivity index (χ0) is 16.3. The van der Waals surface area contributed by atoms with Gasteiger partial charge in [0.1, 0.15) is 10.1 Å². The van der Waals surface area contributed by atoms with E-state index in [2.05, 4.69) is 71.8 Å². The third-order valence-corrected chi connectivity index (χ3v) is 9.73. The van der Waals surface area contributed by atoms with Crippen LogP contribution in [0.25, 0.3) is 21.8 Å². The molecule has 120 valence electrons. The van der Waals surface area contributed by atoms with Crippen LogP contribution in [0.15, 0.2) is 68.4 Å². The number of benzene rings is 2. The number of nitrogens with zero attached hydrogens (tertiary/aromatic N) is 2. The number of hydrogen-bond donors (Lipinski definition) is 0.